The first kappa shape index (κ1) is 30.6. The van der Waals surface area contributed by atoms with Crippen LogP contribution in [0.2, 0.25) is 0 Å². The summed E-state index contributed by atoms with van der Waals surface area (Å²) in [5, 5.41) is 7.01. The van der Waals surface area contributed by atoms with E-state index >= 15 is 0 Å². The Morgan fingerprint density at radius 2 is 1.56 bits per heavy atom. The number of fused-ring (bicyclic) bond motifs is 7. The molecule has 6 nitrogen and oxygen atoms in total. The number of carbonyl (C=O) groups excluding carboxylic acids is 1. The molecule has 9 atom stereocenters. The van der Waals surface area contributed by atoms with E-state index in [2.05, 4.69) is 64.9 Å². The molecule has 43 heavy (non-hydrogen) atoms. The molecule has 1 aromatic rings. The van der Waals surface area contributed by atoms with Crippen molar-refractivity contribution in [1.29, 1.82) is 0 Å². The van der Waals surface area contributed by atoms with Gasteiger partial charge in [0.05, 0.1) is 5.41 Å². The molecule has 6 rings (SSSR count). The third-order valence-corrected chi connectivity index (χ3v) is 14.4. The number of hydrogen-bond donors (Lipinski definition) is 0. The number of nitroso groups, excluding NO2 is 2. The fourth-order valence-electron chi connectivity index (χ4n) is 11.9. The molecule has 1 aromatic carbocycles. The largest absolute Gasteiger partial charge is 0.460 e. The van der Waals surface area contributed by atoms with E-state index in [4.69, 9.17) is 4.74 Å². The van der Waals surface area contributed by atoms with Crippen molar-refractivity contribution in [2.75, 3.05) is 0 Å². The predicted molar refractivity (Wildman–Crippen MR) is 170 cm³/mol. The summed E-state index contributed by atoms with van der Waals surface area (Å²) in [6.45, 7) is 16.8. The summed E-state index contributed by atoms with van der Waals surface area (Å²) in [5.41, 5.74) is 1.71. The van der Waals surface area contributed by atoms with E-state index in [1.807, 2.05) is 30.3 Å². The van der Waals surface area contributed by atoms with Crippen LogP contribution in [0.15, 0.2) is 52.3 Å². The topological polar surface area (TPSA) is 85.2 Å². The van der Waals surface area contributed by atoms with E-state index in [0.717, 1.165) is 56.9 Å². The van der Waals surface area contributed by atoms with Gasteiger partial charge in [0.2, 0.25) is 0 Å². The van der Waals surface area contributed by atoms with Gasteiger partial charge in [0.1, 0.15) is 18.7 Å². The number of esters is 1. The van der Waals surface area contributed by atoms with Gasteiger partial charge in [-0.05, 0) is 108 Å². The Hall–Kier alpha value is -2.37. The van der Waals surface area contributed by atoms with Gasteiger partial charge < -0.3 is 4.74 Å². The lowest BCUT2D eigenvalue weighted by atomic mass is 9.33. The summed E-state index contributed by atoms with van der Waals surface area (Å²) in [6, 6.07) is 8.88. The van der Waals surface area contributed by atoms with E-state index in [-0.39, 0.29) is 39.0 Å². The van der Waals surface area contributed by atoms with Crippen LogP contribution in [-0.2, 0) is 16.1 Å². The number of carbonyl (C=O) groups is 1. The van der Waals surface area contributed by atoms with Crippen LogP contribution < -0.4 is 0 Å². The Kier molecular flexibility index (Phi) is 7.18. The standard InChI is InChI=1S/C37H52N2O4/c1-32(2)17-19-37(31(40)43-23-24-11-9-8-10-12-24)20-18-35(6)25(26(37)21-32)13-14-29-34(5)22-27(38-41)30(39-42)33(3,4)28(34)15-16-36(29,35)7/h8-13,26-30H,14-23H2,1-7H3/t26-,27?,28?,29?,30?,34-,35+,36+,37-/m0/s1. The number of hydrogen-bond acceptors (Lipinski definition) is 6. The van der Waals surface area contributed by atoms with Crippen LogP contribution in [0.5, 0.6) is 0 Å². The van der Waals surface area contributed by atoms with Gasteiger partial charge in [0, 0.05) is 0 Å². The Labute approximate surface area is 258 Å². The lowest BCUT2D eigenvalue weighted by molar-refractivity contribution is -0.194. The van der Waals surface area contributed by atoms with Gasteiger partial charge >= 0.3 is 5.97 Å². The Morgan fingerprint density at radius 3 is 2.23 bits per heavy atom. The second-order valence-corrected chi connectivity index (χ2v) is 17.2. The van der Waals surface area contributed by atoms with Crippen molar-refractivity contribution in [3.63, 3.8) is 0 Å². The molecular formula is C37H52N2O4. The molecule has 5 aliphatic carbocycles. The summed E-state index contributed by atoms with van der Waals surface area (Å²) in [5.74, 6) is 0.848. The van der Waals surface area contributed by atoms with Gasteiger partial charge in [-0.25, -0.2) is 0 Å². The molecule has 5 aliphatic rings. The maximum Gasteiger partial charge on any atom is 0.313 e. The van der Waals surface area contributed by atoms with Crippen LogP contribution in [-0.4, -0.2) is 18.1 Å². The van der Waals surface area contributed by atoms with Gasteiger partial charge in [-0.1, -0.05) is 101 Å². The van der Waals surface area contributed by atoms with Crippen LogP contribution in [0.4, 0.5) is 0 Å². The minimum atomic E-state index is -0.577. The van der Waals surface area contributed by atoms with Gasteiger partial charge in [0.15, 0.2) is 0 Å². The zero-order valence-electron chi connectivity index (χ0n) is 27.4. The summed E-state index contributed by atoms with van der Waals surface area (Å²) in [7, 11) is 0. The summed E-state index contributed by atoms with van der Waals surface area (Å²) in [6.07, 6.45) is 11.0. The molecule has 0 spiro atoms. The van der Waals surface area contributed by atoms with Crippen molar-refractivity contribution in [3.05, 3.63) is 57.4 Å². The molecular weight excluding hydrogens is 536 g/mol. The van der Waals surface area contributed by atoms with Gasteiger partial charge in [0.25, 0.3) is 0 Å². The molecule has 4 saturated carbocycles. The van der Waals surface area contributed by atoms with E-state index < -0.39 is 17.5 Å². The minimum absolute atomic E-state index is 0.0101. The van der Waals surface area contributed by atoms with E-state index in [1.165, 1.54) is 5.57 Å². The molecule has 0 saturated heterocycles. The smallest absolute Gasteiger partial charge is 0.313 e. The molecule has 234 valence electrons. The van der Waals surface area contributed by atoms with E-state index in [1.54, 1.807) is 0 Å². The number of benzene rings is 1. The Bertz CT molecular complexity index is 1320. The van der Waals surface area contributed by atoms with E-state index in [0.29, 0.717) is 24.9 Å². The highest BCUT2D eigenvalue weighted by Crippen LogP contribution is 2.76. The van der Waals surface area contributed by atoms with Crippen molar-refractivity contribution >= 4 is 5.97 Å². The first-order valence-corrected chi connectivity index (χ1v) is 16.8. The molecule has 4 fully saturated rings. The highest BCUT2D eigenvalue weighted by Gasteiger charge is 2.70. The van der Waals surface area contributed by atoms with Crippen molar-refractivity contribution in [3.8, 4) is 0 Å². The van der Waals surface area contributed by atoms with Crippen molar-refractivity contribution in [2.24, 2.45) is 60.6 Å². The molecule has 0 aromatic heterocycles. The second kappa shape index (κ2) is 10.1. The van der Waals surface area contributed by atoms with Crippen molar-refractivity contribution in [2.45, 2.75) is 125 Å². The van der Waals surface area contributed by atoms with Crippen molar-refractivity contribution in [1.82, 2.24) is 0 Å². The fraction of sp³-hybridized carbons (Fsp3) is 0.757. The molecule has 0 N–H and O–H groups in total. The molecule has 0 aliphatic heterocycles. The van der Waals surface area contributed by atoms with Gasteiger partial charge in [-0.15, -0.1) is 0 Å². The molecule has 6 heteroatoms. The van der Waals surface area contributed by atoms with Crippen LogP contribution in [0.3, 0.4) is 0 Å². The maximum absolute atomic E-state index is 14.2. The van der Waals surface area contributed by atoms with Crippen LogP contribution in [0.1, 0.15) is 112 Å². The zero-order chi connectivity index (χ0) is 31.1. The fourth-order valence-corrected chi connectivity index (χ4v) is 11.9. The molecule has 0 bridgehead atoms. The lowest BCUT2D eigenvalue weighted by Gasteiger charge is -2.71. The molecule has 0 radical (unpaired) electrons. The molecule has 0 amide bonds. The lowest BCUT2D eigenvalue weighted by Crippen LogP contribution is -2.66. The zero-order valence-corrected chi connectivity index (χ0v) is 27.4. The highest BCUT2D eigenvalue weighted by molar-refractivity contribution is 5.79. The predicted octanol–water partition coefficient (Wildman–Crippen LogP) is 9.41. The normalized spacial score (nSPS) is 44.3. The highest BCUT2D eigenvalue weighted by atomic mass is 16.5. The van der Waals surface area contributed by atoms with Crippen LogP contribution >= 0.6 is 0 Å². The van der Waals surface area contributed by atoms with E-state index in [9.17, 15) is 14.6 Å². The Morgan fingerprint density at radius 1 is 0.860 bits per heavy atom. The summed E-state index contributed by atoms with van der Waals surface area (Å²) >= 11 is 0. The first-order valence-electron chi connectivity index (χ1n) is 16.8. The summed E-state index contributed by atoms with van der Waals surface area (Å²) in [4.78, 5) is 38.3. The van der Waals surface area contributed by atoms with Gasteiger partial charge in [-0.3, -0.25) is 4.79 Å². The third-order valence-electron chi connectivity index (χ3n) is 14.4. The number of allylic oxidation sites excluding steroid dienone is 2. The minimum Gasteiger partial charge on any atom is -0.460 e. The number of ether oxygens (including phenoxy) is 1. The Balaban J connectivity index is 1.38. The second-order valence-electron chi connectivity index (χ2n) is 17.2. The SMILES string of the molecule is CC1(C)CC[C@]2(C(=O)OCc3ccccc3)CC[C@]3(C)C(=CCC4[C@@]5(C)CC(N=O)C(N=O)C(C)(C)C5CC[C@]43C)[C@@H]2C1. The average molecular weight is 589 g/mol. The number of rotatable bonds is 5. The number of nitrogens with zero attached hydrogens (tertiary/aromatic N) is 2. The van der Waals surface area contributed by atoms with Gasteiger partial charge in [-0.2, -0.15) is 9.81 Å². The maximum atomic E-state index is 14.2. The summed E-state index contributed by atoms with van der Waals surface area (Å²) < 4.78 is 6.15. The first-order chi connectivity index (χ1) is 20.2. The van der Waals surface area contributed by atoms with Crippen molar-refractivity contribution < 1.29 is 9.53 Å². The molecule has 0 heterocycles. The quantitative estimate of drug-likeness (QED) is 0.195. The van der Waals surface area contributed by atoms with Crippen LogP contribution in [0.25, 0.3) is 0 Å². The average Bonchev–Trinajstić information content (AvgIpc) is 2.96. The van der Waals surface area contributed by atoms with Crippen LogP contribution in [0, 0.1) is 60.1 Å². The molecule has 4 unspecified atom stereocenters. The monoisotopic (exact) mass is 588 g/mol. The third kappa shape index (κ3) is 4.27.